The lowest BCUT2D eigenvalue weighted by molar-refractivity contribution is 1.11. The van der Waals surface area contributed by atoms with Gasteiger partial charge in [-0.15, -0.1) is 0 Å². The molecule has 0 bridgehead atoms. The highest BCUT2D eigenvalue weighted by atomic mass is 32.2. The molecule has 0 amide bonds. The second-order valence-electron chi connectivity index (χ2n) is 10.7. The van der Waals surface area contributed by atoms with Crippen LogP contribution in [0.15, 0.2) is 162 Å². The summed E-state index contributed by atoms with van der Waals surface area (Å²) in [5, 5.41) is 3.75. The molecular weight excluding hydrogens is 531 g/mol. The molecule has 0 atom stereocenters. The van der Waals surface area contributed by atoms with Gasteiger partial charge in [-0.05, 0) is 72.8 Å². The minimum Gasteiger partial charge on any atom is -0.315 e. The number of hydrogen-bond acceptors (Lipinski definition) is 2. The van der Waals surface area contributed by atoms with Gasteiger partial charge in [0.2, 0.25) is 0 Å². The van der Waals surface area contributed by atoms with E-state index in [-0.39, 0.29) is 0 Å². The fraction of sp³-hybridized carbons (Fsp3) is 0. The van der Waals surface area contributed by atoms with Crippen molar-refractivity contribution in [2.75, 3.05) is 4.90 Å². The third-order valence-corrected chi connectivity index (χ3v) is 9.45. The predicted molar refractivity (Wildman–Crippen MR) is 176 cm³/mol. The molecule has 0 aliphatic carbocycles. The zero-order valence-corrected chi connectivity index (χ0v) is 23.5. The van der Waals surface area contributed by atoms with Gasteiger partial charge >= 0.3 is 0 Å². The summed E-state index contributed by atoms with van der Waals surface area (Å²) in [6.45, 7) is 0. The lowest BCUT2D eigenvalue weighted by Gasteiger charge is -2.32. The third kappa shape index (κ3) is 3.42. The standard InChI is InChI=1S/C38H25N3S/c1-2-10-28(11-3-1)41-32-13-5-4-12-30(32)31-23-18-26-24-25-39(37(26)38(31)41)27-19-21-29(22-20-27)40-33-14-6-8-16-35(33)42-36-17-9-7-15-34(36)40/h1-25H. The maximum atomic E-state index is 2.41. The highest BCUT2D eigenvalue weighted by Crippen LogP contribution is 2.51. The molecule has 0 saturated carbocycles. The summed E-state index contributed by atoms with van der Waals surface area (Å²) in [4.78, 5) is 4.92. The Balaban J connectivity index is 1.25. The van der Waals surface area contributed by atoms with E-state index in [4.69, 9.17) is 0 Å². The van der Waals surface area contributed by atoms with Crippen LogP contribution < -0.4 is 4.90 Å². The summed E-state index contributed by atoms with van der Waals surface area (Å²) in [6.07, 6.45) is 2.20. The lowest BCUT2D eigenvalue weighted by Crippen LogP contribution is -2.14. The number of fused-ring (bicyclic) bond motifs is 7. The zero-order valence-electron chi connectivity index (χ0n) is 22.7. The van der Waals surface area contributed by atoms with Crippen molar-refractivity contribution in [1.82, 2.24) is 9.13 Å². The second-order valence-corrected chi connectivity index (χ2v) is 11.7. The molecule has 1 aliphatic heterocycles. The van der Waals surface area contributed by atoms with Gasteiger partial charge in [0.1, 0.15) is 0 Å². The minimum atomic E-state index is 1.14. The first-order valence-electron chi connectivity index (χ1n) is 14.2. The average molecular weight is 556 g/mol. The SMILES string of the molecule is c1ccc(-n2c3ccccc3c3ccc4ccn(-c5ccc(N6c7ccccc7Sc7ccccc76)cc5)c4c32)cc1. The van der Waals surface area contributed by atoms with Gasteiger partial charge in [0.15, 0.2) is 0 Å². The van der Waals surface area contributed by atoms with E-state index in [1.807, 2.05) is 11.8 Å². The summed E-state index contributed by atoms with van der Waals surface area (Å²) in [7, 11) is 0. The summed E-state index contributed by atoms with van der Waals surface area (Å²) in [5.74, 6) is 0. The van der Waals surface area contributed by atoms with Crippen LogP contribution in [0.5, 0.6) is 0 Å². The van der Waals surface area contributed by atoms with E-state index in [2.05, 4.69) is 166 Å². The van der Waals surface area contributed by atoms with Gasteiger partial charge in [-0.3, -0.25) is 0 Å². The Labute approximate surface area is 247 Å². The maximum Gasteiger partial charge on any atom is 0.0788 e. The second kappa shape index (κ2) is 9.16. The van der Waals surface area contributed by atoms with Crippen LogP contribution in [0.4, 0.5) is 17.1 Å². The minimum absolute atomic E-state index is 1.14. The molecule has 3 heterocycles. The molecule has 8 aromatic rings. The van der Waals surface area contributed by atoms with E-state index >= 15 is 0 Å². The average Bonchev–Trinajstić information content (AvgIpc) is 3.64. The largest absolute Gasteiger partial charge is 0.315 e. The van der Waals surface area contributed by atoms with Crippen molar-refractivity contribution in [3.63, 3.8) is 0 Å². The van der Waals surface area contributed by atoms with Crippen molar-refractivity contribution in [2.45, 2.75) is 9.79 Å². The van der Waals surface area contributed by atoms with E-state index in [1.54, 1.807) is 0 Å². The molecular formula is C38H25N3S. The number of para-hydroxylation sites is 4. The number of nitrogens with zero attached hydrogens (tertiary/aromatic N) is 3. The predicted octanol–water partition coefficient (Wildman–Crippen LogP) is 10.7. The van der Waals surface area contributed by atoms with Gasteiger partial charge in [0, 0.05) is 49.2 Å². The zero-order chi connectivity index (χ0) is 27.6. The summed E-state index contributed by atoms with van der Waals surface area (Å²) < 4.78 is 4.75. The summed E-state index contributed by atoms with van der Waals surface area (Å²) >= 11 is 1.84. The van der Waals surface area contributed by atoms with Crippen LogP contribution in [0.1, 0.15) is 0 Å². The molecule has 9 rings (SSSR count). The van der Waals surface area contributed by atoms with Crippen LogP contribution in [0, 0.1) is 0 Å². The molecule has 4 heteroatoms. The Morgan fingerprint density at radius 3 is 1.83 bits per heavy atom. The van der Waals surface area contributed by atoms with Crippen molar-refractivity contribution in [3.05, 3.63) is 152 Å². The van der Waals surface area contributed by atoms with Crippen LogP contribution in [-0.4, -0.2) is 9.13 Å². The molecule has 0 saturated heterocycles. The van der Waals surface area contributed by atoms with Crippen LogP contribution >= 0.6 is 11.8 Å². The topological polar surface area (TPSA) is 13.1 Å². The number of anilines is 3. The molecule has 6 aromatic carbocycles. The molecule has 2 aromatic heterocycles. The van der Waals surface area contributed by atoms with Crippen LogP contribution in [-0.2, 0) is 0 Å². The highest BCUT2D eigenvalue weighted by molar-refractivity contribution is 7.99. The van der Waals surface area contributed by atoms with E-state index in [9.17, 15) is 0 Å². The fourth-order valence-electron chi connectivity index (χ4n) is 6.48. The van der Waals surface area contributed by atoms with Crippen molar-refractivity contribution in [3.8, 4) is 11.4 Å². The number of rotatable bonds is 3. The molecule has 42 heavy (non-hydrogen) atoms. The smallest absolute Gasteiger partial charge is 0.0788 e. The number of hydrogen-bond donors (Lipinski definition) is 0. The molecule has 0 spiro atoms. The monoisotopic (exact) mass is 555 g/mol. The van der Waals surface area contributed by atoms with Gasteiger partial charge < -0.3 is 14.0 Å². The first-order valence-corrected chi connectivity index (χ1v) is 15.0. The molecule has 198 valence electrons. The summed E-state index contributed by atoms with van der Waals surface area (Å²) in [5.41, 5.74) is 9.55. The first kappa shape index (κ1) is 23.5. The fourth-order valence-corrected chi connectivity index (χ4v) is 7.54. The van der Waals surface area contributed by atoms with Crippen molar-refractivity contribution < 1.29 is 0 Å². The Bertz CT molecular complexity index is 2230. The van der Waals surface area contributed by atoms with Crippen LogP contribution in [0.2, 0.25) is 0 Å². The first-order chi connectivity index (χ1) is 20.8. The van der Waals surface area contributed by atoms with E-state index in [0.717, 1.165) is 11.4 Å². The van der Waals surface area contributed by atoms with E-state index in [1.165, 1.54) is 59.6 Å². The Morgan fingerprint density at radius 2 is 1.07 bits per heavy atom. The maximum absolute atomic E-state index is 2.41. The van der Waals surface area contributed by atoms with Gasteiger partial charge in [0.25, 0.3) is 0 Å². The summed E-state index contributed by atoms with van der Waals surface area (Å²) in [6, 6.07) is 52.5. The van der Waals surface area contributed by atoms with Crippen molar-refractivity contribution in [2.24, 2.45) is 0 Å². The molecule has 0 N–H and O–H groups in total. The lowest BCUT2D eigenvalue weighted by atomic mass is 10.1. The van der Waals surface area contributed by atoms with Crippen molar-refractivity contribution >= 4 is 61.5 Å². The van der Waals surface area contributed by atoms with Crippen LogP contribution in [0.25, 0.3) is 44.1 Å². The molecule has 0 fully saturated rings. The number of benzene rings is 6. The quantitative estimate of drug-likeness (QED) is 0.215. The molecule has 1 aliphatic rings. The van der Waals surface area contributed by atoms with Gasteiger partial charge in [-0.25, -0.2) is 0 Å². The Hall–Kier alpha value is -5.19. The van der Waals surface area contributed by atoms with Crippen molar-refractivity contribution in [1.29, 1.82) is 0 Å². The highest BCUT2D eigenvalue weighted by Gasteiger charge is 2.24. The van der Waals surface area contributed by atoms with E-state index in [0.29, 0.717) is 0 Å². The van der Waals surface area contributed by atoms with Gasteiger partial charge in [-0.1, -0.05) is 84.6 Å². The van der Waals surface area contributed by atoms with E-state index < -0.39 is 0 Å². The molecule has 3 nitrogen and oxygen atoms in total. The molecule has 0 unspecified atom stereocenters. The molecule has 0 radical (unpaired) electrons. The van der Waals surface area contributed by atoms with Gasteiger partial charge in [0.05, 0.1) is 27.9 Å². The number of aromatic nitrogens is 2. The third-order valence-electron chi connectivity index (χ3n) is 8.32. The Morgan fingerprint density at radius 1 is 0.429 bits per heavy atom. The normalized spacial score (nSPS) is 12.6. The van der Waals surface area contributed by atoms with Gasteiger partial charge in [-0.2, -0.15) is 0 Å². The Kier molecular flexibility index (Phi) is 5.13. The van der Waals surface area contributed by atoms with Crippen LogP contribution in [0.3, 0.4) is 0 Å².